The molecule has 0 aliphatic carbocycles. The largest absolute Gasteiger partial charge is 0.484 e. The Balaban J connectivity index is 2.06. The van der Waals surface area contributed by atoms with Gasteiger partial charge in [0.05, 0.1) is 15.1 Å². The number of hydrogen-bond acceptors (Lipinski definition) is 2. The number of Topliss-reactive ketones (excluding diaryl/α,β-unsaturated/α-hetero) is 1. The Kier molecular flexibility index (Phi) is 5.33. The standard InChI is InChI=1S/C14H8BrCl3O2/c15-9-2-4-14(12(18)6-9)20-7-13(19)8-1-3-10(16)11(17)5-8/h1-6H,7H2. The van der Waals surface area contributed by atoms with Crippen molar-refractivity contribution in [3.63, 3.8) is 0 Å². The number of rotatable bonds is 4. The normalized spacial score (nSPS) is 10.4. The Morgan fingerprint density at radius 1 is 1.00 bits per heavy atom. The van der Waals surface area contributed by atoms with Crippen LogP contribution in [0.5, 0.6) is 5.75 Å². The summed E-state index contributed by atoms with van der Waals surface area (Å²) in [5.41, 5.74) is 0.438. The van der Waals surface area contributed by atoms with E-state index in [9.17, 15) is 4.79 Å². The first kappa shape index (κ1) is 15.6. The summed E-state index contributed by atoms with van der Waals surface area (Å²) in [6, 6.07) is 9.85. The van der Waals surface area contributed by atoms with E-state index in [0.29, 0.717) is 26.4 Å². The molecule has 2 nitrogen and oxygen atoms in total. The molecular weight excluding hydrogens is 386 g/mol. The first-order chi connectivity index (χ1) is 9.47. The number of halogens is 4. The van der Waals surface area contributed by atoms with Gasteiger partial charge >= 0.3 is 0 Å². The topological polar surface area (TPSA) is 26.3 Å². The predicted molar refractivity (Wildman–Crippen MR) is 85.4 cm³/mol. The SMILES string of the molecule is O=C(COc1ccc(Br)cc1Cl)c1ccc(Cl)c(Cl)c1. The molecule has 0 unspecified atom stereocenters. The smallest absolute Gasteiger partial charge is 0.200 e. The van der Waals surface area contributed by atoms with E-state index in [2.05, 4.69) is 15.9 Å². The van der Waals surface area contributed by atoms with Gasteiger partial charge in [0.25, 0.3) is 0 Å². The lowest BCUT2D eigenvalue weighted by Gasteiger charge is -2.08. The van der Waals surface area contributed by atoms with Crippen LogP contribution in [0.3, 0.4) is 0 Å². The first-order valence-electron chi connectivity index (χ1n) is 5.53. The summed E-state index contributed by atoms with van der Waals surface area (Å²) < 4.78 is 6.24. The highest BCUT2D eigenvalue weighted by molar-refractivity contribution is 9.10. The van der Waals surface area contributed by atoms with Gasteiger partial charge < -0.3 is 4.74 Å². The van der Waals surface area contributed by atoms with Crippen molar-refractivity contribution in [1.29, 1.82) is 0 Å². The molecule has 0 fully saturated rings. The maximum absolute atomic E-state index is 12.0. The molecule has 0 amide bonds. The number of carbonyl (C=O) groups is 1. The second kappa shape index (κ2) is 6.81. The monoisotopic (exact) mass is 392 g/mol. The molecule has 0 N–H and O–H groups in total. The summed E-state index contributed by atoms with van der Waals surface area (Å²) in [5, 5.41) is 1.17. The van der Waals surface area contributed by atoms with Gasteiger partial charge in [-0.3, -0.25) is 4.79 Å². The van der Waals surface area contributed by atoms with Gasteiger partial charge in [-0.05, 0) is 36.4 Å². The van der Waals surface area contributed by atoms with Crippen LogP contribution in [-0.4, -0.2) is 12.4 Å². The van der Waals surface area contributed by atoms with Gasteiger partial charge in [0.1, 0.15) is 5.75 Å². The van der Waals surface area contributed by atoms with Gasteiger partial charge in [0.15, 0.2) is 12.4 Å². The first-order valence-corrected chi connectivity index (χ1v) is 7.46. The highest BCUT2D eigenvalue weighted by Gasteiger charge is 2.10. The van der Waals surface area contributed by atoms with Gasteiger partial charge in [-0.1, -0.05) is 50.7 Å². The van der Waals surface area contributed by atoms with Crippen molar-refractivity contribution in [3.05, 3.63) is 61.5 Å². The van der Waals surface area contributed by atoms with Crippen LogP contribution in [0, 0.1) is 0 Å². The molecule has 0 aliphatic rings. The number of hydrogen-bond donors (Lipinski definition) is 0. The molecule has 20 heavy (non-hydrogen) atoms. The Morgan fingerprint density at radius 2 is 1.75 bits per heavy atom. The molecular formula is C14H8BrCl3O2. The lowest BCUT2D eigenvalue weighted by atomic mass is 10.1. The molecule has 0 spiro atoms. The minimum Gasteiger partial charge on any atom is -0.484 e. The van der Waals surface area contributed by atoms with Crippen molar-refractivity contribution < 1.29 is 9.53 Å². The fourth-order valence-corrected chi connectivity index (χ4v) is 2.51. The third-order valence-corrected chi connectivity index (χ3v) is 4.02. The summed E-state index contributed by atoms with van der Waals surface area (Å²) >= 11 is 21.0. The maximum atomic E-state index is 12.0. The maximum Gasteiger partial charge on any atom is 0.200 e. The zero-order valence-corrected chi connectivity index (χ0v) is 13.9. The number of ketones is 1. The van der Waals surface area contributed by atoms with E-state index < -0.39 is 0 Å². The number of benzene rings is 2. The van der Waals surface area contributed by atoms with E-state index in [1.165, 1.54) is 6.07 Å². The summed E-state index contributed by atoms with van der Waals surface area (Å²) in [4.78, 5) is 12.0. The van der Waals surface area contributed by atoms with E-state index in [4.69, 9.17) is 39.5 Å². The quantitative estimate of drug-likeness (QED) is 0.625. The molecule has 0 bridgehead atoms. The van der Waals surface area contributed by atoms with Gasteiger partial charge in [-0.2, -0.15) is 0 Å². The average molecular weight is 394 g/mol. The van der Waals surface area contributed by atoms with E-state index in [1.807, 2.05) is 0 Å². The van der Waals surface area contributed by atoms with Gasteiger partial charge in [-0.15, -0.1) is 0 Å². The summed E-state index contributed by atoms with van der Waals surface area (Å²) in [5.74, 6) is 0.242. The highest BCUT2D eigenvalue weighted by atomic mass is 79.9. The van der Waals surface area contributed by atoms with Crippen LogP contribution >= 0.6 is 50.7 Å². The minimum atomic E-state index is -0.206. The zero-order chi connectivity index (χ0) is 14.7. The average Bonchev–Trinajstić information content (AvgIpc) is 2.40. The fourth-order valence-electron chi connectivity index (χ4n) is 1.49. The van der Waals surface area contributed by atoms with Crippen LogP contribution < -0.4 is 4.74 Å². The molecule has 0 radical (unpaired) electrons. The van der Waals surface area contributed by atoms with Crippen molar-refractivity contribution in [2.45, 2.75) is 0 Å². The lowest BCUT2D eigenvalue weighted by Crippen LogP contribution is -2.11. The van der Waals surface area contributed by atoms with E-state index in [0.717, 1.165) is 4.47 Å². The van der Waals surface area contributed by atoms with Crippen LogP contribution in [0.2, 0.25) is 15.1 Å². The van der Waals surface area contributed by atoms with Crippen LogP contribution in [-0.2, 0) is 0 Å². The zero-order valence-electron chi connectivity index (χ0n) is 10.00. The Labute approximate surface area is 139 Å². The van der Waals surface area contributed by atoms with Crippen molar-refractivity contribution in [3.8, 4) is 5.75 Å². The lowest BCUT2D eigenvalue weighted by molar-refractivity contribution is 0.0921. The van der Waals surface area contributed by atoms with E-state index >= 15 is 0 Å². The van der Waals surface area contributed by atoms with E-state index in [-0.39, 0.29) is 12.4 Å². The second-order valence-electron chi connectivity index (χ2n) is 3.92. The molecule has 6 heteroatoms. The number of carbonyl (C=O) groups excluding carboxylic acids is 1. The van der Waals surface area contributed by atoms with Crippen LogP contribution in [0.1, 0.15) is 10.4 Å². The molecule has 2 aromatic rings. The van der Waals surface area contributed by atoms with Crippen LogP contribution in [0.4, 0.5) is 0 Å². The van der Waals surface area contributed by atoms with Gasteiger partial charge in [0, 0.05) is 10.0 Å². The van der Waals surface area contributed by atoms with Crippen LogP contribution in [0.15, 0.2) is 40.9 Å². The second-order valence-corrected chi connectivity index (χ2v) is 6.05. The Hall–Kier alpha value is -0.740. The van der Waals surface area contributed by atoms with Crippen molar-refractivity contribution in [2.75, 3.05) is 6.61 Å². The van der Waals surface area contributed by atoms with Crippen LogP contribution in [0.25, 0.3) is 0 Å². The number of ether oxygens (including phenoxy) is 1. The third kappa shape index (κ3) is 3.89. The molecule has 0 aromatic heterocycles. The summed E-state index contributed by atoms with van der Waals surface area (Å²) in [6.07, 6.45) is 0. The minimum absolute atomic E-state index is 0.126. The fraction of sp³-hybridized carbons (Fsp3) is 0.0714. The molecule has 0 atom stereocenters. The Morgan fingerprint density at radius 3 is 2.40 bits per heavy atom. The van der Waals surface area contributed by atoms with E-state index in [1.54, 1.807) is 30.3 Å². The molecule has 0 saturated heterocycles. The predicted octanol–water partition coefficient (Wildman–Crippen LogP) is 5.67. The Bertz CT molecular complexity index is 659. The van der Waals surface area contributed by atoms with Crippen molar-refractivity contribution >= 4 is 56.5 Å². The van der Waals surface area contributed by atoms with Gasteiger partial charge in [-0.25, -0.2) is 0 Å². The molecule has 0 aliphatic heterocycles. The summed E-state index contributed by atoms with van der Waals surface area (Å²) in [6.45, 7) is -0.126. The molecule has 104 valence electrons. The van der Waals surface area contributed by atoms with Crippen molar-refractivity contribution in [2.24, 2.45) is 0 Å². The third-order valence-electron chi connectivity index (χ3n) is 2.49. The molecule has 0 heterocycles. The van der Waals surface area contributed by atoms with Crippen molar-refractivity contribution in [1.82, 2.24) is 0 Å². The molecule has 0 saturated carbocycles. The highest BCUT2D eigenvalue weighted by Crippen LogP contribution is 2.28. The van der Waals surface area contributed by atoms with Gasteiger partial charge in [0.2, 0.25) is 0 Å². The molecule has 2 rings (SSSR count). The summed E-state index contributed by atoms with van der Waals surface area (Å²) in [7, 11) is 0. The molecule has 2 aromatic carbocycles.